The molecule has 2 aromatic heterocycles. The molecule has 6 atom stereocenters. The van der Waals surface area contributed by atoms with Gasteiger partial charge >= 0.3 is 35.4 Å². The number of nitrogen functional groups attached to an aromatic ring is 3. The molecule has 0 aliphatic carbocycles. The highest BCUT2D eigenvalue weighted by Gasteiger charge is 2.53. The standard InChI is InChI=1S/C24H24Cl2N7O15P3/c25-10-1-3-14(27)12(5-10)23(34)45-18-16(7-43-50(39,40)48-51(41,42)47-49(36,37)38)44-22(33-9-32-17-20(29)30-8-31-21(17)33)19(18)46-24(35)13-6-11(26)2-4-15(13)28/h1-6,8-9,16,18-19,22H,7,27-28H2,(H,39,40)(H,41,42)(H2,29,30,31)(H2,36,37,38)/t16-,18-,19-,22-/m1/s1. The zero-order valence-electron chi connectivity index (χ0n) is 25.0. The quantitative estimate of drug-likeness (QED) is 0.0613. The number of halogens is 2. The maximum absolute atomic E-state index is 13.6. The van der Waals surface area contributed by atoms with Crippen LogP contribution >= 0.6 is 46.7 Å². The van der Waals surface area contributed by atoms with Crippen LogP contribution < -0.4 is 17.2 Å². The number of phosphoric ester groups is 1. The lowest BCUT2D eigenvalue weighted by Gasteiger charge is -2.25. The van der Waals surface area contributed by atoms with Crippen LogP contribution in [0.4, 0.5) is 17.2 Å². The lowest BCUT2D eigenvalue weighted by Crippen LogP contribution is -2.41. The lowest BCUT2D eigenvalue weighted by molar-refractivity contribution is -0.0558. The van der Waals surface area contributed by atoms with Crippen LogP contribution in [-0.4, -0.2) is 76.0 Å². The molecular weight excluding hydrogens is 790 g/mol. The fraction of sp³-hybridized carbons (Fsp3) is 0.208. The molecule has 2 aromatic carbocycles. The molecule has 4 aromatic rings. The third-order valence-corrected chi connectivity index (χ3v) is 11.0. The fourth-order valence-corrected chi connectivity index (χ4v) is 8.02. The van der Waals surface area contributed by atoms with E-state index < -0.39 is 66.6 Å². The first-order valence-corrected chi connectivity index (χ1v) is 18.9. The molecule has 1 aliphatic rings. The normalized spacial score (nSPS) is 21.5. The van der Waals surface area contributed by atoms with Gasteiger partial charge in [-0.1, -0.05) is 23.2 Å². The minimum Gasteiger partial charge on any atom is -0.452 e. The van der Waals surface area contributed by atoms with Gasteiger partial charge in [0.05, 0.1) is 24.1 Å². The van der Waals surface area contributed by atoms with Crippen LogP contribution in [0.3, 0.4) is 0 Å². The number of imidazole rings is 1. The summed E-state index contributed by atoms with van der Waals surface area (Å²) in [6, 6.07) is 7.73. The Labute approximate surface area is 294 Å². The lowest BCUT2D eigenvalue weighted by atomic mass is 10.1. The monoisotopic (exact) mass is 813 g/mol. The number of phosphoric acid groups is 3. The van der Waals surface area contributed by atoms with Gasteiger partial charge in [-0.3, -0.25) is 9.09 Å². The van der Waals surface area contributed by atoms with Gasteiger partial charge < -0.3 is 51.0 Å². The van der Waals surface area contributed by atoms with Crippen molar-refractivity contribution in [3.8, 4) is 0 Å². The van der Waals surface area contributed by atoms with Crippen molar-refractivity contribution >= 4 is 87.0 Å². The van der Waals surface area contributed by atoms with Crippen LogP contribution in [0, 0.1) is 0 Å². The number of rotatable bonds is 12. The van der Waals surface area contributed by atoms with E-state index in [1.54, 1.807) is 0 Å². The summed E-state index contributed by atoms with van der Waals surface area (Å²) in [6.45, 7) is -1.17. The van der Waals surface area contributed by atoms with Crippen LogP contribution in [0.1, 0.15) is 26.9 Å². The van der Waals surface area contributed by atoms with Crippen LogP contribution in [0.25, 0.3) is 11.2 Å². The van der Waals surface area contributed by atoms with E-state index in [0.717, 1.165) is 18.7 Å². The van der Waals surface area contributed by atoms with Crippen molar-refractivity contribution in [2.24, 2.45) is 0 Å². The van der Waals surface area contributed by atoms with E-state index in [4.69, 9.17) is 68.9 Å². The van der Waals surface area contributed by atoms with Gasteiger partial charge in [0.25, 0.3) is 0 Å². The van der Waals surface area contributed by atoms with Crippen molar-refractivity contribution in [3.63, 3.8) is 0 Å². The molecule has 51 heavy (non-hydrogen) atoms. The first-order chi connectivity index (χ1) is 23.7. The van der Waals surface area contributed by atoms with E-state index >= 15 is 0 Å². The average molecular weight is 814 g/mol. The SMILES string of the molecule is Nc1ccc(Cl)cc1C(=O)O[C@@H]1[C@H](OC(=O)c2cc(Cl)ccc2N)[C@@H](COP(=O)(O)OP(=O)(O)OP(=O)(O)O)O[C@H]1n1cnc2c(N)ncnc21. The summed E-state index contributed by atoms with van der Waals surface area (Å²) >= 11 is 12.1. The molecule has 0 saturated carbocycles. The molecule has 22 nitrogen and oxygen atoms in total. The Morgan fingerprint density at radius 2 is 1.39 bits per heavy atom. The molecule has 2 unspecified atom stereocenters. The van der Waals surface area contributed by atoms with Gasteiger partial charge in [-0.05, 0) is 36.4 Å². The summed E-state index contributed by atoms with van der Waals surface area (Å²) in [7, 11) is -17.4. The molecular formula is C24H24Cl2N7O15P3. The zero-order valence-corrected chi connectivity index (χ0v) is 29.2. The molecule has 27 heteroatoms. The molecule has 0 spiro atoms. The van der Waals surface area contributed by atoms with Gasteiger partial charge in [-0.2, -0.15) is 8.62 Å². The minimum absolute atomic E-state index is 0.00789. The van der Waals surface area contributed by atoms with Crippen molar-refractivity contribution in [1.82, 2.24) is 19.5 Å². The van der Waals surface area contributed by atoms with Crippen LogP contribution in [0.2, 0.25) is 10.0 Å². The number of carbonyl (C=O) groups excluding carboxylic acids is 2. The molecule has 10 N–H and O–H groups in total. The van der Waals surface area contributed by atoms with Crippen molar-refractivity contribution in [2.45, 2.75) is 24.5 Å². The summed E-state index contributed by atoms with van der Waals surface area (Å²) < 4.78 is 66.6. The second kappa shape index (κ2) is 14.7. The number of fused-ring (bicyclic) bond motifs is 1. The first-order valence-electron chi connectivity index (χ1n) is 13.6. The topological polar surface area (TPSA) is 343 Å². The van der Waals surface area contributed by atoms with Crippen LogP contribution in [-0.2, 0) is 41.1 Å². The first kappa shape index (κ1) is 38.5. The van der Waals surface area contributed by atoms with Crippen molar-refractivity contribution < 1.29 is 70.2 Å². The summed E-state index contributed by atoms with van der Waals surface area (Å²) in [5.41, 5.74) is 17.2. The number of hydrogen-bond donors (Lipinski definition) is 7. The summed E-state index contributed by atoms with van der Waals surface area (Å²) in [5.74, 6) is -2.36. The smallest absolute Gasteiger partial charge is 0.452 e. The molecule has 3 heterocycles. The second-order valence-corrected chi connectivity index (χ2v) is 15.5. The largest absolute Gasteiger partial charge is 0.490 e. The highest BCUT2D eigenvalue weighted by Crippen LogP contribution is 2.66. The molecule has 0 bridgehead atoms. The molecule has 1 aliphatic heterocycles. The Kier molecular flexibility index (Phi) is 11.1. The van der Waals surface area contributed by atoms with Crippen molar-refractivity contribution in [3.05, 3.63) is 70.2 Å². The van der Waals surface area contributed by atoms with Crippen molar-refractivity contribution in [1.29, 1.82) is 0 Å². The third-order valence-electron chi connectivity index (χ3n) is 6.72. The maximum atomic E-state index is 13.6. The Hall–Kier alpha value is -3.72. The molecule has 0 radical (unpaired) electrons. The zero-order chi connectivity index (χ0) is 37.5. The third kappa shape index (κ3) is 9.21. The summed E-state index contributed by atoms with van der Waals surface area (Å²) in [5, 5.41) is 0.166. The number of hydrogen-bond acceptors (Lipinski definition) is 17. The van der Waals surface area contributed by atoms with Gasteiger partial charge in [-0.15, -0.1) is 0 Å². The number of ether oxygens (including phenoxy) is 3. The number of aromatic nitrogens is 4. The number of nitrogens with two attached hydrogens (primary N) is 3. The van der Waals surface area contributed by atoms with Crippen molar-refractivity contribution in [2.75, 3.05) is 23.8 Å². The molecule has 5 rings (SSSR count). The van der Waals surface area contributed by atoms with E-state index in [9.17, 15) is 33.1 Å². The number of nitrogens with zero attached hydrogens (tertiary/aromatic N) is 4. The number of anilines is 3. The number of carbonyl (C=O) groups is 2. The molecule has 1 saturated heterocycles. The van der Waals surface area contributed by atoms with E-state index in [-0.39, 0.29) is 49.5 Å². The Balaban J connectivity index is 1.56. The van der Waals surface area contributed by atoms with Gasteiger partial charge in [0.1, 0.15) is 17.9 Å². The summed E-state index contributed by atoms with van der Waals surface area (Å²) in [6.07, 6.45) is -4.64. The Morgan fingerprint density at radius 1 is 0.824 bits per heavy atom. The summed E-state index contributed by atoms with van der Waals surface area (Å²) in [4.78, 5) is 76.6. The Morgan fingerprint density at radius 3 is 1.96 bits per heavy atom. The van der Waals surface area contributed by atoms with Gasteiger partial charge in [0.2, 0.25) is 0 Å². The fourth-order valence-electron chi connectivity index (χ4n) is 4.65. The van der Waals surface area contributed by atoms with E-state index in [2.05, 4.69) is 23.6 Å². The van der Waals surface area contributed by atoms with E-state index in [0.29, 0.717) is 0 Å². The highest BCUT2D eigenvalue weighted by molar-refractivity contribution is 7.66. The number of benzene rings is 2. The predicted octanol–water partition coefficient (Wildman–Crippen LogP) is 2.57. The minimum atomic E-state index is -5.93. The predicted molar refractivity (Wildman–Crippen MR) is 174 cm³/mol. The molecule has 1 fully saturated rings. The number of esters is 2. The highest BCUT2D eigenvalue weighted by atomic mass is 35.5. The van der Waals surface area contributed by atoms with Gasteiger partial charge in [-0.25, -0.2) is 38.2 Å². The van der Waals surface area contributed by atoms with E-state index in [1.165, 1.54) is 34.9 Å². The van der Waals surface area contributed by atoms with Gasteiger partial charge in [0.15, 0.2) is 29.9 Å². The second-order valence-electron chi connectivity index (χ2n) is 10.2. The molecule has 0 amide bonds. The Bertz CT molecular complexity index is 2150. The molecule has 274 valence electrons. The van der Waals surface area contributed by atoms with Crippen LogP contribution in [0.15, 0.2) is 49.1 Å². The maximum Gasteiger partial charge on any atom is 0.490 e. The average Bonchev–Trinajstić information content (AvgIpc) is 3.58. The van der Waals surface area contributed by atoms with Gasteiger partial charge in [0, 0.05) is 21.4 Å². The van der Waals surface area contributed by atoms with Crippen LogP contribution in [0.5, 0.6) is 0 Å². The van der Waals surface area contributed by atoms with E-state index in [1.807, 2.05) is 0 Å².